The maximum Gasteiger partial charge on any atom is 0.326 e. The van der Waals surface area contributed by atoms with E-state index >= 15 is 0 Å². The number of nitriles is 1. The van der Waals surface area contributed by atoms with Crippen molar-refractivity contribution in [3.8, 4) is 34.4 Å². The molecule has 0 spiro atoms. The van der Waals surface area contributed by atoms with Gasteiger partial charge in [-0.25, -0.2) is 4.79 Å². The van der Waals surface area contributed by atoms with Crippen LogP contribution in [-0.2, 0) is 42.1 Å². The van der Waals surface area contributed by atoms with Crippen molar-refractivity contribution in [2.75, 3.05) is 6.61 Å². The topological polar surface area (TPSA) is 147 Å². The van der Waals surface area contributed by atoms with Gasteiger partial charge in [-0.05, 0) is 101 Å². The molecule has 3 atom stereocenters. The first-order valence-electron chi connectivity index (χ1n) is 19.0. The number of nitrogens with one attached hydrogen (secondary N) is 1. The first-order chi connectivity index (χ1) is 28.6. The van der Waals surface area contributed by atoms with Crippen LogP contribution in [0.3, 0.4) is 0 Å². The summed E-state index contributed by atoms with van der Waals surface area (Å²) in [5, 5.41) is 27.1. The van der Waals surface area contributed by atoms with Gasteiger partial charge in [-0.15, -0.1) is 0 Å². The molecule has 3 heterocycles. The number of fused-ring (bicyclic) bond motifs is 2. The summed E-state index contributed by atoms with van der Waals surface area (Å²) in [5.74, 6) is 0.977. The van der Waals surface area contributed by atoms with E-state index in [2.05, 4.69) is 16.5 Å². The molecule has 6 aromatic rings. The third-order valence-corrected chi connectivity index (χ3v) is 11.4. The van der Waals surface area contributed by atoms with Gasteiger partial charge in [0.1, 0.15) is 30.8 Å². The van der Waals surface area contributed by atoms with E-state index in [1.54, 1.807) is 30.5 Å². The van der Waals surface area contributed by atoms with E-state index < -0.39 is 24.0 Å². The minimum absolute atomic E-state index is 0.0944. The molecule has 298 valence electrons. The van der Waals surface area contributed by atoms with E-state index in [0.29, 0.717) is 64.7 Å². The average molecular weight is 830 g/mol. The molecular weight excluding hydrogens is 791 g/mol. The zero-order valence-electron chi connectivity index (χ0n) is 31.9. The lowest BCUT2D eigenvalue weighted by molar-refractivity contribution is -0.142. The zero-order valence-corrected chi connectivity index (χ0v) is 33.4. The largest absolute Gasteiger partial charge is 0.489 e. The molecule has 0 saturated carbocycles. The number of ether oxygens (including phenoxy) is 3. The van der Waals surface area contributed by atoms with Crippen LogP contribution >= 0.6 is 23.2 Å². The van der Waals surface area contributed by atoms with Crippen LogP contribution in [0, 0.1) is 18.3 Å². The number of carbonyl (C=O) groups is 2. The summed E-state index contributed by atoms with van der Waals surface area (Å²) in [6.07, 6.45) is 1.69. The van der Waals surface area contributed by atoms with Gasteiger partial charge in [0.15, 0.2) is 17.6 Å². The predicted octanol–water partition coefficient (Wildman–Crippen LogP) is 8.66. The van der Waals surface area contributed by atoms with E-state index in [-0.39, 0.29) is 19.1 Å². The van der Waals surface area contributed by atoms with Gasteiger partial charge in [0.2, 0.25) is 5.91 Å². The normalized spacial score (nSPS) is 16.4. The molecule has 2 aliphatic rings. The standard InChI is InChI=1S/C46H38Cl2N4O7/c1-27-36(22-50-59-27)24-52-23-35-20-43-42(57-26-44(58-43)33-11-13-37(14-12-33)56-25-30-6-15-38(47)39(48)16-30)19-34(35)18-41(52)45(53)51-40(46(54)55)17-28-2-7-31(8-3-28)32-9-4-29(21-49)5-10-32/h2-16,19-20,22,40-41,44H,17-18,23-26H2,1H3,(H,51,53)(H,54,55)/t40-,41-,44?/m0/s1. The molecule has 0 saturated heterocycles. The lowest BCUT2D eigenvalue weighted by atomic mass is 9.91. The number of aromatic nitrogens is 1. The van der Waals surface area contributed by atoms with Crippen molar-refractivity contribution < 1.29 is 33.4 Å². The zero-order chi connectivity index (χ0) is 41.0. The van der Waals surface area contributed by atoms with Gasteiger partial charge in [-0.1, -0.05) is 83.0 Å². The summed E-state index contributed by atoms with van der Waals surface area (Å²) in [4.78, 5) is 28.7. The van der Waals surface area contributed by atoms with Crippen molar-refractivity contribution in [2.45, 2.75) is 57.6 Å². The molecule has 59 heavy (non-hydrogen) atoms. The molecule has 8 rings (SSSR count). The van der Waals surface area contributed by atoms with Crippen molar-refractivity contribution in [3.63, 3.8) is 0 Å². The predicted molar refractivity (Wildman–Crippen MR) is 220 cm³/mol. The summed E-state index contributed by atoms with van der Waals surface area (Å²) in [6.45, 7) is 3.19. The molecule has 0 aliphatic carbocycles. The Balaban J connectivity index is 0.957. The third-order valence-electron chi connectivity index (χ3n) is 10.7. The summed E-state index contributed by atoms with van der Waals surface area (Å²) in [6, 6.07) is 32.0. The van der Waals surface area contributed by atoms with Gasteiger partial charge < -0.3 is 29.2 Å². The highest BCUT2D eigenvalue weighted by molar-refractivity contribution is 6.42. The van der Waals surface area contributed by atoms with E-state index in [1.807, 2.05) is 90.7 Å². The molecule has 0 bridgehead atoms. The van der Waals surface area contributed by atoms with Crippen molar-refractivity contribution in [2.24, 2.45) is 0 Å². The van der Waals surface area contributed by atoms with E-state index in [1.165, 1.54) is 0 Å². The number of benzene rings is 5. The first-order valence-corrected chi connectivity index (χ1v) is 19.7. The molecule has 0 fully saturated rings. The Morgan fingerprint density at radius 1 is 0.932 bits per heavy atom. The smallest absolute Gasteiger partial charge is 0.326 e. The van der Waals surface area contributed by atoms with E-state index in [4.69, 9.17) is 47.2 Å². The second kappa shape index (κ2) is 17.3. The second-order valence-electron chi connectivity index (χ2n) is 14.6. The Morgan fingerprint density at radius 3 is 2.32 bits per heavy atom. The minimum Gasteiger partial charge on any atom is -0.489 e. The maximum absolute atomic E-state index is 14.1. The lowest BCUT2D eigenvalue weighted by Gasteiger charge is -2.37. The van der Waals surface area contributed by atoms with Crippen molar-refractivity contribution in [1.29, 1.82) is 5.26 Å². The number of carboxylic acid groups (broad SMARTS) is 1. The molecule has 13 heteroatoms. The molecular formula is C46H38Cl2N4O7. The maximum atomic E-state index is 14.1. The number of carboxylic acids is 1. The number of aliphatic carboxylic acids is 1. The Bertz CT molecular complexity index is 2540. The average Bonchev–Trinajstić information content (AvgIpc) is 3.66. The number of halogens is 2. The van der Waals surface area contributed by atoms with Crippen LogP contribution in [0.15, 0.2) is 114 Å². The summed E-state index contributed by atoms with van der Waals surface area (Å²) >= 11 is 12.2. The van der Waals surface area contributed by atoms with Crippen LogP contribution in [0.2, 0.25) is 10.0 Å². The van der Waals surface area contributed by atoms with Crippen molar-refractivity contribution in [3.05, 3.63) is 164 Å². The highest BCUT2D eigenvalue weighted by Crippen LogP contribution is 2.41. The number of rotatable bonds is 12. The number of nitrogens with zero attached hydrogens (tertiary/aromatic N) is 3. The van der Waals surface area contributed by atoms with E-state index in [9.17, 15) is 14.7 Å². The molecule has 1 aromatic heterocycles. The van der Waals surface area contributed by atoms with Gasteiger partial charge >= 0.3 is 5.97 Å². The van der Waals surface area contributed by atoms with Crippen LogP contribution in [0.5, 0.6) is 17.2 Å². The Kier molecular flexibility index (Phi) is 11.6. The van der Waals surface area contributed by atoms with Crippen LogP contribution in [0.4, 0.5) is 0 Å². The number of carbonyl (C=O) groups excluding carboxylic acids is 1. The highest BCUT2D eigenvalue weighted by atomic mass is 35.5. The molecule has 1 amide bonds. The molecule has 2 N–H and O–H groups in total. The minimum atomic E-state index is -1.16. The third kappa shape index (κ3) is 9.06. The Morgan fingerprint density at radius 2 is 1.64 bits per heavy atom. The second-order valence-corrected chi connectivity index (χ2v) is 15.4. The number of amides is 1. The fourth-order valence-corrected chi connectivity index (χ4v) is 7.65. The van der Waals surface area contributed by atoms with Gasteiger partial charge in [-0.3, -0.25) is 9.69 Å². The Labute approximate surface area is 350 Å². The van der Waals surface area contributed by atoms with Crippen LogP contribution in [0.1, 0.15) is 50.8 Å². The lowest BCUT2D eigenvalue weighted by Crippen LogP contribution is -2.54. The molecule has 0 radical (unpaired) electrons. The Hall–Kier alpha value is -6.32. The number of hydrogen-bond acceptors (Lipinski definition) is 9. The molecule has 1 unspecified atom stereocenters. The fourth-order valence-electron chi connectivity index (χ4n) is 7.33. The van der Waals surface area contributed by atoms with E-state index in [0.717, 1.165) is 44.5 Å². The monoisotopic (exact) mass is 828 g/mol. The van der Waals surface area contributed by atoms with Gasteiger partial charge in [0, 0.05) is 25.1 Å². The molecule has 11 nitrogen and oxygen atoms in total. The highest BCUT2D eigenvalue weighted by Gasteiger charge is 2.36. The van der Waals surface area contributed by atoms with Crippen LogP contribution < -0.4 is 19.5 Å². The first kappa shape index (κ1) is 39.5. The van der Waals surface area contributed by atoms with Gasteiger partial charge in [0.25, 0.3) is 0 Å². The summed E-state index contributed by atoms with van der Waals surface area (Å²) < 4.78 is 24.0. The van der Waals surface area contributed by atoms with Crippen molar-refractivity contribution in [1.82, 2.24) is 15.4 Å². The molecule has 5 aromatic carbocycles. The number of hydrogen-bond donors (Lipinski definition) is 2. The van der Waals surface area contributed by atoms with Gasteiger partial charge in [0.05, 0.1) is 33.9 Å². The summed E-state index contributed by atoms with van der Waals surface area (Å²) in [7, 11) is 0. The number of aryl methyl sites for hydroxylation is 1. The quantitative estimate of drug-likeness (QED) is 0.123. The molecule has 2 aliphatic heterocycles. The van der Waals surface area contributed by atoms with Crippen molar-refractivity contribution >= 4 is 35.1 Å². The van der Waals surface area contributed by atoms with Gasteiger partial charge in [-0.2, -0.15) is 5.26 Å². The van der Waals surface area contributed by atoms with Crippen LogP contribution in [-0.4, -0.2) is 45.7 Å². The fraction of sp³-hybridized carbons (Fsp3) is 0.217. The SMILES string of the molecule is Cc1oncc1CN1Cc2cc3c(cc2C[C@H]1C(=O)N[C@@H](Cc1ccc(-c2ccc(C#N)cc2)cc1)C(=O)O)OCC(c1ccc(OCc2ccc(Cl)c(Cl)c2)cc1)O3. The summed E-state index contributed by atoms with van der Waals surface area (Å²) in [5.41, 5.74) is 7.73. The van der Waals surface area contributed by atoms with Crippen LogP contribution in [0.25, 0.3) is 11.1 Å².